The fourth-order valence-electron chi connectivity index (χ4n) is 4.31. The lowest BCUT2D eigenvalue weighted by Gasteiger charge is -2.40. The number of nitrogens with zero attached hydrogens (tertiary/aromatic N) is 2. The molecule has 1 N–H and O–H groups in total. The van der Waals surface area contributed by atoms with Crippen LogP contribution in [0.5, 0.6) is 0 Å². The van der Waals surface area contributed by atoms with Gasteiger partial charge in [-0.3, -0.25) is 10.1 Å². The van der Waals surface area contributed by atoms with Crippen molar-refractivity contribution in [2.45, 2.75) is 63.6 Å². The van der Waals surface area contributed by atoms with Crippen molar-refractivity contribution in [1.82, 2.24) is 4.90 Å². The summed E-state index contributed by atoms with van der Waals surface area (Å²) in [7, 11) is 1.79. The Morgan fingerprint density at radius 2 is 1.85 bits per heavy atom. The first-order valence-electron chi connectivity index (χ1n) is 9.46. The summed E-state index contributed by atoms with van der Waals surface area (Å²) in [6, 6.07) is 3.64. The predicted molar refractivity (Wildman–Crippen MR) is 99.1 cm³/mol. The van der Waals surface area contributed by atoms with Crippen LogP contribution in [-0.2, 0) is 4.74 Å². The van der Waals surface area contributed by atoms with Crippen LogP contribution >= 0.6 is 0 Å². The molecule has 0 radical (unpaired) electrons. The lowest BCUT2D eigenvalue weighted by atomic mass is 9.90. The van der Waals surface area contributed by atoms with Crippen LogP contribution in [0.3, 0.4) is 0 Å². The van der Waals surface area contributed by atoms with E-state index in [-0.39, 0.29) is 6.04 Å². The molecule has 1 saturated carbocycles. The molecule has 0 bridgehead atoms. The molecule has 6 nitrogen and oxygen atoms in total. The number of hydrogen-bond donors (Lipinski definition) is 1. The van der Waals surface area contributed by atoms with E-state index in [9.17, 15) is 14.5 Å². The van der Waals surface area contributed by atoms with E-state index in [1.54, 1.807) is 20.1 Å². The molecule has 1 heterocycles. The second-order valence-electron chi connectivity index (χ2n) is 7.52. The first kappa shape index (κ1) is 19.0. The molecule has 1 saturated heterocycles. The summed E-state index contributed by atoms with van der Waals surface area (Å²) in [4.78, 5) is 13.1. The number of rotatable bonds is 5. The van der Waals surface area contributed by atoms with Gasteiger partial charge in [-0.25, -0.2) is 0 Å². The third-order valence-electron chi connectivity index (χ3n) is 5.77. The van der Waals surface area contributed by atoms with Crippen molar-refractivity contribution in [2.75, 3.05) is 25.5 Å². The molecule has 1 aromatic carbocycles. The van der Waals surface area contributed by atoms with Crippen molar-refractivity contribution >= 4 is 11.4 Å². The normalized spacial score (nSPS) is 25.2. The average molecular weight is 365 g/mol. The van der Waals surface area contributed by atoms with Crippen LogP contribution in [0.1, 0.15) is 44.1 Å². The monoisotopic (exact) mass is 365 g/mol. The van der Waals surface area contributed by atoms with Crippen LogP contribution in [-0.4, -0.2) is 48.2 Å². The van der Waals surface area contributed by atoms with Crippen molar-refractivity contribution in [1.29, 1.82) is 0 Å². The SMILES string of the molecule is CO[C@H]1CC[C@@H](N2CCC(Nc3cc(C)cc(F)c3[N+](=O)[O-])CC2)CC1. The highest BCUT2D eigenvalue weighted by atomic mass is 19.1. The zero-order chi connectivity index (χ0) is 18.7. The van der Waals surface area contributed by atoms with Crippen molar-refractivity contribution in [3.05, 3.63) is 33.6 Å². The molecule has 1 aromatic rings. The molecule has 144 valence electrons. The van der Waals surface area contributed by atoms with Crippen molar-refractivity contribution < 1.29 is 14.1 Å². The Kier molecular flexibility index (Phi) is 6.09. The average Bonchev–Trinajstić information content (AvgIpc) is 2.61. The minimum absolute atomic E-state index is 0.140. The number of nitro benzene ring substituents is 1. The topological polar surface area (TPSA) is 67.6 Å². The van der Waals surface area contributed by atoms with E-state index in [1.165, 1.54) is 18.9 Å². The zero-order valence-corrected chi connectivity index (χ0v) is 15.5. The Morgan fingerprint density at radius 3 is 2.42 bits per heavy atom. The number of hydrogen-bond acceptors (Lipinski definition) is 5. The van der Waals surface area contributed by atoms with Crippen molar-refractivity contribution in [3.8, 4) is 0 Å². The fraction of sp³-hybridized carbons (Fsp3) is 0.684. The molecule has 3 rings (SSSR count). The number of ether oxygens (including phenoxy) is 1. The Balaban J connectivity index is 1.57. The first-order chi connectivity index (χ1) is 12.5. The van der Waals surface area contributed by atoms with Gasteiger partial charge in [0.15, 0.2) is 0 Å². The molecule has 2 fully saturated rings. The van der Waals surface area contributed by atoms with Gasteiger partial charge in [0.1, 0.15) is 5.69 Å². The van der Waals surface area contributed by atoms with Gasteiger partial charge in [-0.05, 0) is 63.1 Å². The zero-order valence-electron chi connectivity index (χ0n) is 15.5. The van der Waals surface area contributed by atoms with Gasteiger partial charge in [-0.15, -0.1) is 0 Å². The second kappa shape index (κ2) is 8.31. The summed E-state index contributed by atoms with van der Waals surface area (Å²) in [6.45, 7) is 3.70. The van der Waals surface area contributed by atoms with E-state index in [1.807, 2.05) is 0 Å². The molecule has 0 aromatic heterocycles. The van der Waals surface area contributed by atoms with Gasteiger partial charge in [0, 0.05) is 32.3 Å². The third kappa shape index (κ3) is 4.32. The molecule has 7 heteroatoms. The van der Waals surface area contributed by atoms with E-state index in [0.717, 1.165) is 38.8 Å². The number of nitro groups is 1. The van der Waals surface area contributed by atoms with Crippen LogP contribution in [0.2, 0.25) is 0 Å². The minimum atomic E-state index is -0.773. The maximum atomic E-state index is 14.0. The minimum Gasteiger partial charge on any atom is -0.381 e. The molecule has 1 aliphatic carbocycles. The Bertz CT molecular complexity index is 639. The summed E-state index contributed by atoms with van der Waals surface area (Å²) in [6.07, 6.45) is 6.81. The van der Waals surface area contributed by atoms with Gasteiger partial charge >= 0.3 is 5.69 Å². The summed E-state index contributed by atoms with van der Waals surface area (Å²) < 4.78 is 19.4. The van der Waals surface area contributed by atoms with Gasteiger partial charge in [-0.2, -0.15) is 4.39 Å². The molecule has 2 aliphatic rings. The van der Waals surface area contributed by atoms with Gasteiger partial charge in [-0.1, -0.05) is 0 Å². The Hall–Kier alpha value is -1.73. The Labute approximate surface area is 153 Å². The highest BCUT2D eigenvalue weighted by molar-refractivity contribution is 5.64. The number of piperidine rings is 1. The van der Waals surface area contributed by atoms with Crippen LogP contribution in [0.15, 0.2) is 12.1 Å². The third-order valence-corrected chi connectivity index (χ3v) is 5.77. The molecule has 26 heavy (non-hydrogen) atoms. The predicted octanol–water partition coefficient (Wildman–Crippen LogP) is 3.88. The molecule has 0 spiro atoms. The van der Waals surface area contributed by atoms with Gasteiger partial charge in [0.2, 0.25) is 5.82 Å². The number of aryl methyl sites for hydroxylation is 1. The molecule has 0 unspecified atom stereocenters. The van der Waals surface area contributed by atoms with Crippen LogP contribution in [0, 0.1) is 22.9 Å². The van der Waals surface area contributed by atoms with E-state index < -0.39 is 16.4 Å². The van der Waals surface area contributed by atoms with Crippen LogP contribution in [0.25, 0.3) is 0 Å². The number of nitrogens with one attached hydrogen (secondary N) is 1. The maximum absolute atomic E-state index is 14.0. The lowest BCUT2D eigenvalue weighted by Crippen LogP contribution is -2.46. The number of benzene rings is 1. The van der Waals surface area contributed by atoms with E-state index in [4.69, 9.17) is 4.74 Å². The highest BCUT2D eigenvalue weighted by Gasteiger charge is 2.30. The molecule has 0 atom stereocenters. The maximum Gasteiger partial charge on any atom is 0.327 e. The summed E-state index contributed by atoms with van der Waals surface area (Å²) in [5, 5.41) is 14.4. The van der Waals surface area contributed by atoms with Crippen molar-refractivity contribution in [2.24, 2.45) is 0 Å². The Morgan fingerprint density at radius 1 is 1.19 bits per heavy atom. The number of likely N-dealkylation sites (tertiary alicyclic amines) is 1. The summed E-state index contributed by atoms with van der Waals surface area (Å²) >= 11 is 0. The van der Waals surface area contributed by atoms with E-state index >= 15 is 0 Å². The molecular formula is C19H28FN3O3. The fourth-order valence-corrected chi connectivity index (χ4v) is 4.31. The number of anilines is 1. The van der Waals surface area contributed by atoms with E-state index in [0.29, 0.717) is 23.4 Å². The summed E-state index contributed by atoms with van der Waals surface area (Å²) in [5.41, 5.74) is 0.533. The lowest BCUT2D eigenvalue weighted by molar-refractivity contribution is -0.386. The quantitative estimate of drug-likeness (QED) is 0.634. The van der Waals surface area contributed by atoms with Gasteiger partial charge in [0.25, 0.3) is 0 Å². The van der Waals surface area contributed by atoms with Gasteiger partial charge < -0.3 is 15.0 Å². The first-order valence-corrected chi connectivity index (χ1v) is 9.46. The van der Waals surface area contributed by atoms with Crippen LogP contribution < -0.4 is 5.32 Å². The second-order valence-corrected chi connectivity index (χ2v) is 7.52. The van der Waals surface area contributed by atoms with Gasteiger partial charge in [0.05, 0.1) is 11.0 Å². The number of halogens is 1. The standard InChI is InChI=1S/C19H28FN3O3/c1-13-11-17(20)19(23(24)25)18(12-13)21-14-7-9-22(10-8-14)15-3-5-16(26-2)6-4-15/h11-12,14-16,21H,3-10H2,1-2H3/t15-,16+. The van der Waals surface area contributed by atoms with Crippen LogP contribution in [0.4, 0.5) is 15.8 Å². The smallest absolute Gasteiger partial charge is 0.327 e. The molecular weight excluding hydrogens is 337 g/mol. The highest BCUT2D eigenvalue weighted by Crippen LogP contribution is 2.32. The van der Waals surface area contributed by atoms with Crippen molar-refractivity contribution in [3.63, 3.8) is 0 Å². The summed E-state index contributed by atoms with van der Waals surface area (Å²) in [5.74, 6) is -0.773. The molecule has 0 amide bonds. The largest absolute Gasteiger partial charge is 0.381 e. The number of methoxy groups -OCH3 is 1. The molecule has 1 aliphatic heterocycles. The van der Waals surface area contributed by atoms with E-state index in [2.05, 4.69) is 10.2 Å².